The maximum Gasteiger partial charge on any atom is 0.384 e. The van der Waals surface area contributed by atoms with Crippen molar-refractivity contribution in [2.24, 2.45) is 0 Å². The highest BCUT2D eigenvalue weighted by Crippen LogP contribution is 2.60. The van der Waals surface area contributed by atoms with Crippen LogP contribution in [-0.4, -0.2) is 96.2 Å². The Bertz CT molecular complexity index is 679. The Labute approximate surface area is 239 Å². The molecule has 0 aromatic heterocycles. The third-order valence-electron chi connectivity index (χ3n) is 4.71. The summed E-state index contributed by atoms with van der Waals surface area (Å²) < 4.78 is 181. The third kappa shape index (κ3) is 10.4. The maximum atomic E-state index is 14.0. The highest BCUT2D eigenvalue weighted by molar-refractivity contribution is 14.1. The Morgan fingerprint density at radius 3 is 1.32 bits per heavy atom. The first-order valence-electron chi connectivity index (χ1n) is 10.9. The first-order chi connectivity index (χ1) is 17.1. The van der Waals surface area contributed by atoms with Crippen LogP contribution in [0, 0.1) is 0 Å². The van der Waals surface area contributed by atoms with Gasteiger partial charge in [-0.3, -0.25) is 0 Å². The van der Waals surface area contributed by atoms with Gasteiger partial charge in [0.1, 0.15) is 0 Å². The zero-order valence-electron chi connectivity index (χ0n) is 20.2. The molecule has 0 rings (SSSR count). The van der Waals surface area contributed by atoms with Gasteiger partial charge in [-0.2, -0.15) is 52.7 Å². The summed E-state index contributed by atoms with van der Waals surface area (Å²) in [5.41, 5.74) is 0. The van der Waals surface area contributed by atoms with Gasteiger partial charge in [0.05, 0.1) is 46.2 Å². The van der Waals surface area contributed by atoms with Crippen LogP contribution in [0.2, 0.25) is 0 Å². The SMILES string of the molecule is CC(I)COCCOCCOCCOCCC(I)CC(F)(F)C(F)(F)C(F)(F)C(F)(F)C(F)(F)C(C)(F)F. The van der Waals surface area contributed by atoms with Crippen molar-refractivity contribution in [3.05, 3.63) is 0 Å². The van der Waals surface area contributed by atoms with Crippen molar-refractivity contribution >= 4 is 45.2 Å². The van der Waals surface area contributed by atoms with Gasteiger partial charge in [-0.1, -0.05) is 52.1 Å². The topological polar surface area (TPSA) is 36.9 Å². The molecule has 0 amide bonds. The molecule has 0 spiro atoms. The van der Waals surface area contributed by atoms with Crippen LogP contribution in [0.4, 0.5) is 52.7 Å². The van der Waals surface area contributed by atoms with E-state index in [1.54, 1.807) is 0 Å². The van der Waals surface area contributed by atoms with Crippen molar-refractivity contribution < 1.29 is 71.6 Å². The molecule has 0 N–H and O–H groups in total. The van der Waals surface area contributed by atoms with Gasteiger partial charge < -0.3 is 18.9 Å². The standard InChI is InChI=1S/C20H28F12I2O4/c1-13(33)12-38-10-9-37-8-7-36-6-5-35-4-3-14(34)11-16(23,24)18(27,28)20(31,32)19(29,30)17(25,26)15(2,21)22/h13-14H,3-12H2,1-2H3. The number of hydrogen-bond donors (Lipinski definition) is 0. The highest BCUT2D eigenvalue weighted by Gasteiger charge is 2.89. The van der Waals surface area contributed by atoms with Crippen molar-refractivity contribution in [3.8, 4) is 0 Å². The summed E-state index contributed by atoms with van der Waals surface area (Å²) in [6.07, 6.45) is -2.60. The smallest absolute Gasteiger partial charge is 0.379 e. The fourth-order valence-electron chi connectivity index (χ4n) is 2.52. The average molecular weight is 814 g/mol. The van der Waals surface area contributed by atoms with Gasteiger partial charge in [-0.15, -0.1) is 0 Å². The second-order valence-corrected chi connectivity index (χ2v) is 12.1. The second-order valence-electron chi connectivity index (χ2n) is 8.17. The lowest BCUT2D eigenvalue weighted by atomic mass is 9.90. The van der Waals surface area contributed by atoms with E-state index < -0.39 is 59.2 Å². The Balaban J connectivity index is 4.57. The zero-order valence-corrected chi connectivity index (χ0v) is 24.5. The Morgan fingerprint density at radius 1 is 0.553 bits per heavy atom. The zero-order chi connectivity index (χ0) is 30.1. The van der Waals surface area contributed by atoms with E-state index in [-0.39, 0.29) is 33.0 Å². The van der Waals surface area contributed by atoms with Crippen LogP contribution in [0.1, 0.15) is 26.7 Å². The Morgan fingerprint density at radius 2 is 0.921 bits per heavy atom. The molecule has 0 saturated heterocycles. The van der Waals surface area contributed by atoms with Gasteiger partial charge in [0, 0.05) is 27.8 Å². The van der Waals surface area contributed by atoms with Crippen molar-refractivity contribution in [2.45, 2.75) is 70.1 Å². The Kier molecular flexibility index (Phi) is 15.8. The number of alkyl halides is 14. The molecular formula is C20H28F12I2O4. The summed E-state index contributed by atoms with van der Waals surface area (Å²) >= 11 is 3.33. The molecule has 0 saturated carbocycles. The van der Waals surface area contributed by atoms with E-state index in [0.29, 0.717) is 23.7 Å². The lowest BCUT2D eigenvalue weighted by Gasteiger charge is -2.41. The van der Waals surface area contributed by atoms with Gasteiger partial charge in [-0.05, 0) is 6.42 Å². The van der Waals surface area contributed by atoms with Crippen molar-refractivity contribution in [3.63, 3.8) is 0 Å². The minimum absolute atomic E-state index is 0.0317. The number of ether oxygens (including phenoxy) is 4. The monoisotopic (exact) mass is 814 g/mol. The predicted octanol–water partition coefficient (Wildman–Crippen LogP) is 7.29. The minimum Gasteiger partial charge on any atom is -0.379 e. The molecule has 0 bridgehead atoms. The van der Waals surface area contributed by atoms with Gasteiger partial charge in [-0.25, -0.2) is 0 Å². The molecule has 2 atom stereocenters. The molecule has 0 heterocycles. The summed E-state index contributed by atoms with van der Waals surface area (Å²) in [7, 11) is 0. The number of halogens is 14. The largest absolute Gasteiger partial charge is 0.384 e. The third-order valence-corrected chi connectivity index (χ3v) is 6.13. The number of hydrogen-bond acceptors (Lipinski definition) is 4. The first-order valence-corrected chi connectivity index (χ1v) is 13.4. The van der Waals surface area contributed by atoms with Gasteiger partial charge in [0.2, 0.25) is 0 Å². The molecule has 18 heteroatoms. The van der Waals surface area contributed by atoms with Gasteiger partial charge in [0.15, 0.2) is 0 Å². The van der Waals surface area contributed by atoms with Crippen LogP contribution in [0.25, 0.3) is 0 Å². The molecule has 0 radical (unpaired) electrons. The summed E-state index contributed by atoms with van der Waals surface area (Å²) in [5.74, 6) is -41.1. The van der Waals surface area contributed by atoms with E-state index in [1.807, 2.05) is 6.92 Å². The summed E-state index contributed by atoms with van der Waals surface area (Å²) in [4.78, 5) is 0. The predicted molar refractivity (Wildman–Crippen MR) is 129 cm³/mol. The summed E-state index contributed by atoms with van der Waals surface area (Å²) in [5, 5.41) is 0. The highest BCUT2D eigenvalue weighted by atomic mass is 127. The molecular weight excluding hydrogens is 786 g/mol. The molecule has 2 unspecified atom stereocenters. The quantitative estimate of drug-likeness (QED) is 0.0529. The van der Waals surface area contributed by atoms with Crippen molar-refractivity contribution in [1.29, 1.82) is 0 Å². The fraction of sp³-hybridized carbons (Fsp3) is 1.00. The lowest BCUT2D eigenvalue weighted by Crippen LogP contribution is -2.70. The van der Waals surface area contributed by atoms with E-state index in [9.17, 15) is 52.7 Å². The van der Waals surface area contributed by atoms with Gasteiger partial charge >= 0.3 is 35.5 Å². The van der Waals surface area contributed by atoms with E-state index >= 15 is 0 Å². The molecule has 0 aromatic rings. The average Bonchev–Trinajstić information content (AvgIpc) is 2.75. The molecule has 0 aromatic carbocycles. The van der Waals surface area contributed by atoms with E-state index in [4.69, 9.17) is 18.9 Å². The van der Waals surface area contributed by atoms with Crippen LogP contribution in [-0.2, 0) is 18.9 Å². The van der Waals surface area contributed by atoms with Crippen LogP contribution in [0.3, 0.4) is 0 Å². The first kappa shape index (κ1) is 38.5. The summed E-state index contributed by atoms with van der Waals surface area (Å²) in [6, 6.07) is 0. The molecule has 4 nitrogen and oxygen atoms in total. The van der Waals surface area contributed by atoms with E-state index in [1.165, 1.54) is 0 Å². The van der Waals surface area contributed by atoms with Crippen molar-refractivity contribution in [1.82, 2.24) is 0 Å². The molecule has 0 aliphatic carbocycles. The molecule has 0 aliphatic rings. The molecule has 230 valence electrons. The van der Waals surface area contributed by atoms with Crippen LogP contribution in [0.15, 0.2) is 0 Å². The van der Waals surface area contributed by atoms with Crippen LogP contribution < -0.4 is 0 Å². The van der Waals surface area contributed by atoms with Crippen LogP contribution in [0.5, 0.6) is 0 Å². The Hall–Kier alpha value is 0.460. The fourth-order valence-corrected chi connectivity index (χ4v) is 3.59. The molecule has 0 fully saturated rings. The number of rotatable bonds is 21. The normalized spacial score (nSPS) is 16.1. The lowest BCUT2D eigenvalue weighted by molar-refractivity contribution is -0.423. The second kappa shape index (κ2) is 15.6. The minimum atomic E-state index is -7.53. The van der Waals surface area contributed by atoms with E-state index in [2.05, 4.69) is 22.6 Å². The maximum absolute atomic E-state index is 14.0. The molecule has 38 heavy (non-hydrogen) atoms. The molecule has 0 aliphatic heterocycles. The van der Waals surface area contributed by atoms with Crippen molar-refractivity contribution in [2.75, 3.05) is 52.9 Å². The summed E-state index contributed by atoms with van der Waals surface area (Å²) in [6.45, 7) is 2.41. The van der Waals surface area contributed by atoms with Crippen LogP contribution >= 0.6 is 45.2 Å². The van der Waals surface area contributed by atoms with E-state index in [0.717, 1.165) is 22.6 Å². The van der Waals surface area contributed by atoms with Gasteiger partial charge in [0.25, 0.3) is 0 Å².